The van der Waals surface area contributed by atoms with Gasteiger partial charge in [-0.2, -0.15) is 0 Å². The minimum atomic E-state index is -0.218. The number of halogens is 1. The Balaban J connectivity index is 2.37. The maximum Gasteiger partial charge on any atom is 0.126 e. The van der Waals surface area contributed by atoms with Crippen molar-refractivity contribution in [2.24, 2.45) is 5.73 Å². The highest BCUT2D eigenvalue weighted by molar-refractivity contribution is 7.80. The summed E-state index contributed by atoms with van der Waals surface area (Å²) in [6, 6.07) is 10.7. The predicted molar refractivity (Wildman–Crippen MR) is 81.5 cm³/mol. The number of nitrogens with two attached hydrogens (primary N) is 1. The summed E-state index contributed by atoms with van der Waals surface area (Å²) in [5.41, 5.74) is 9.82. The lowest BCUT2D eigenvalue weighted by molar-refractivity contribution is 0.619. The van der Waals surface area contributed by atoms with Gasteiger partial charge in [-0.25, -0.2) is 4.39 Å². The molecule has 3 N–H and O–H groups in total. The van der Waals surface area contributed by atoms with Crippen molar-refractivity contribution < 1.29 is 4.39 Å². The topological polar surface area (TPSA) is 38.0 Å². The fourth-order valence-corrected chi connectivity index (χ4v) is 2.02. The van der Waals surface area contributed by atoms with E-state index in [4.69, 9.17) is 18.0 Å². The van der Waals surface area contributed by atoms with Crippen LogP contribution in [0.2, 0.25) is 0 Å². The zero-order valence-electron chi connectivity index (χ0n) is 10.8. The van der Waals surface area contributed by atoms with Crippen LogP contribution >= 0.6 is 12.2 Å². The number of rotatable bonds is 3. The van der Waals surface area contributed by atoms with Gasteiger partial charge in [0.05, 0.1) is 0 Å². The van der Waals surface area contributed by atoms with E-state index in [1.807, 2.05) is 25.1 Å². The van der Waals surface area contributed by atoms with Crippen LogP contribution in [0.5, 0.6) is 0 Å². The molecule has 0 saturated heterocycles. The van der Waals surface area contributed by atoms with E-state index in [1.165, 1.54) is 6.07 Å². The van der Waals surface area contributed by atoms with E-state index in [2.05, 4.69) is 5.32 Å². The third kappa shape index (κ3) is 3.09. The summed E-state index contributed by atoms with van der Waals surface area (Å²) in [6.45, 7) is 3.71. The Hall–Kier alpha value is -1.94. The van der Waals surface area contributed by atoms with Gasteiger partial charge >= 0.3 is 0 Å². The number of hydrogen-bond acceptors (Lipinski definition) is 2. The van der Waals surface area contributed by atoms with Crippen molar-refractivity contribution in [3.63, 3.8) is 0 Å². The second-order valence-electron chi connectivity index (χ2n) is 4.50. The first-order valence-electron chi connectivity index (χ1n) is 5.91. The normalized spacial score (nSPS) is 10.3. The number of hydrogen-bond donors (Lipinski definition) is 2. The zero-order chi connectivity index (χ0) is 14.0. The fraction of sp³-hybridized carbons (Fsp3) is 0.133. The molecule has 0 saturated carbocycles. The molecule has 0 amide bonds. The summed E-state index contributed by atoms with van der Waals surface area (Å²) in [4.78, 5) is 0.338. The largest absolute Gasteiger partial charge is 0.389 e. The molecule has 4 heteroatoms. The molecular weight excluding hydrogens is 259 g/mol. The molecule has 0 aliphatic carbocycles. The molecule has 0 aromatic heterocycles. The van der Waals surface area contributed by atoms with Crippen LogP contribution in [0.25, 0.3) is 0 Å². The van der Waals surface area contributed by atoms with E-state index >= 15 is 0 Å². The Kier molecular flexibility index (Phi) is 3.81. The highest BCUT2D eigenvalue weighted by Crippen LogP contribution is 2.23. The van der Waals surface area contributed by atoms with Crippen molar-refractivity contribution in [3.8, 4) is 0 Å². The summed E-state index contributed by atoms with van der Waals surface area (Å²) in [7, 11) is 0. The maximum atomic E-state index is 13.2. The van der Waals surface area contributed by atoms with Crippen molar-refractivity contribution in [2.75, 3.05) is 5.32 Å². The van der Waals surface area contributed by atoms with Crippen LogP contribution < -0.4 is 11.1 Å². The van der Waals surface area contributed by atoms with Gasteiger partial charge in [0.15, 0.2) is 0 Å². The Morgan fingerprint density at radius 3 is 2.53 bits per heavy atom. The van der Waals surface area contributed by atoms with E-state index in [0.717, 1.165) is 22.5 Å². The smallest absolute Gasteiger partial charge is 0.126 e. The summed E-state index contributed by atoms with van der Waals surface area (Å²) in [5, 5.41) is 3.21. The third-order valence-electron chi connectivity index (χ3n) is 2.88. The molecule has 98 valence electrons. The van der Waals surface area contributed by atoms with E-state index in [9.17, 15) is 4.39 Å². The molecular formula is C15H15FN2S. The molecule has 2 aromatic rings. The average Bonchev–Trinajstić information content (AvgIpc) is 2.36. The van der Waals surface area contributed by atoms with Crippen LogP contribution in [0.4, 0.5) is 15.8 Å². The first kappa shape index (κ1) is 13.5. The lowest BCUT2D eigenvalue weighted by atomic mass is 10.1. The quantitative estimate of drug-likeness (QED) is 0.836. The Labute approximate surface area is 117 Å². The van der Waals surface area contributed by atoms with Gasteiger partial charge in [0.1, 0.15) is 10.8 Å². The minimum Gasteiger partial charge on any atom is -0.389 e. The van der Waals surface area contributed by atoms with Gasteiger partial charge in [0, 0.05) is 16.9 Å². The Morgan fingerprint density at radius 1 is 1.16 bits per heavy atom. The van der Waals surface area contributed by atoms with Crippen molar-refractivity contribution in [1.29, 1.82) is 0 Å². The van der Waals surface area contributed by atoms with Crippen LogP contribution in [0.15, 0.2) is 36.4 Å². The number of thiocarbonyl (C=S) groups is 1. The van der Waals surface area contributed by atoms with Crippen LogP contribution in [-0.2, 0) is 0 Å². The molecule has 0 spiro atoms. The molecule has 0 bridgehead atoms. The predicted octanol–water partition coefficient (Wildman–Crippen LogP) is 3.82. The number of benzene rings is 2. The highest BCUT2D eigenvalue weighted by Gasteiger charge is 2.07. The van der Waals surface area contributed by atoms with Crippen molar-refractivity contribution in [3.05, 3.63) is 58.9 Å². The summed E-state index contributed by atoms with van der Waals surface area (Å²) < 4.78 is 13.2. The molecule has 0 heterocycles. The SMILES string of the molecule is Cc1ccc(Nc2ccc(F)c(C)c2)c(C(N)=S)c1. The maximum absolute atomic E-state index is 13.2. The van der Waals surface area contributed by atoms with Crippen LogP contribution in [0, 0.1) is 19.7 Å². The van der Waals surface area contributed by atoms with Crippen LogP contribution in [0.3, 0.4) is 0 Å². The molecule has 19 heavy (non-hydrogen) atoms. The molecule has 2 aromatic carbocycles. The van der Waals surface area contributed by atoms with E-state index in [1.54, 1.807) is 19.1 Å². The van der Waals surface area contributed by atoms with E-state index in [0.29, 0.717) is 10.6 Å². The lowest BCUT2D eigenvalue weighted by Gasteiger charge is -2.12. The first-order chi connectivity index (χ1) is 8.97. The third-order valence-corrected chi connectivity index (χ3v) is 3.10. The number of anilines is 2. The molecule has 0 atom stereocenters. The fourth-order valence-electron chi connectivity index (χ4n) is 1.85. The highest BCUT2D eigenvalue weighted by atomic mass is 32.1. The molecule has 0 unspecified atom stereocenters. The Morgan fingerprint density at radius 2 is 1.89 bits per heavy atom. The summed E-state index contributed by atoms with van der Waals surface area (Å²) >= 11 is 5.05. The average molecular weight is 274 g/mol. The van der Waals surface area contributed by atoms with Crippen molar-refractivity contribution in [1.82, 2.24) is 0 Å². The monoisotopic (exact) mass is 274 g/mol. The van der Waals surface area contributed by atoms with Gasteiger partial charge in [0.25, 0.3) is 0 Å². The van der Waals surface area contributed by atoms with Crippen molar-refractivity contribution >= 4 is 28.6 Å². The van der Waals surface area contributed by atoms with Crippen LogP contribution in [0.1, 0.15) is 16.7 Å². The van der Waals surface area contributed by atoms with Gasteiger partial charge in [-0.1, -0.05) is 23.8 Å². The molecule has 0 aliphatic heterocycles. The van der Waals surface area contributed by atoms with E-state index < -0.39 is 0 Å². The first-order valence-corrected chi connectivity index (χ1v) is 6.32. The van der Waals surface area contributed by atoms with Gasteiger partial charge in [-0.15, -0.1) is 0 Å². The van der Waals surface area contributed by atoms with Gasteiger partial charge in [-0.05, 0) is 49.7 Å². The zero-order valence-corrected chi connectivity index (χ0v) is 11.6. The molecule has 2 rings (SSSR count). The van der Waals surface area contributed by atoms with Gasteiger partial charge < -0.3 is 11.1 Å². The number of nitrogens with one attached hydrogen (secondary N) is 1. The molecule has 0 radical (unpaired) electrons. The summed E-state index contributed by atoms with van der Waals surface area (Å²) in [5.74, 6) is -0.218. The second kappa shape index (κ2) is 5.36. The van der Waals surface area contributed by atoms with Crippen molar-refractivity contribution in [2.45, 2.75) is 13.8 Å². The standard InChI is InChI=1S/C15H15FN2S/c1-9-3-6-14(12(7-9)15(17)19)18-11-4-5-13(16)10(2)8-11/h3-8,18H,1-2H3,(H2,17,19). The van der Waals surface area contributed by atoms with Gasteiger partial charge in [-0.3, -0.25) is 0 Å². The molecule has 2 nitrogen and oxygen atoms in total. The second-order valence-corrected chi connectivity index (χ2v) is 4.94. The lowest BCUT2D eigenvalue weighted by Crippen LogP contribution is -2.12. The molecule has 0 aliphatic rings. The minimum absolute atomic E-state index is 0.218. The number of aryl methyl sites for hydroxylation is 2. The van der Waals surface area contributed by atoms with E-state index in [-0.39, 0.29) is 5.82 Å². The molecule has 0 fully saturated rings. The van der Waals surface area contributed by atoms with Crippen LogP contribution in [-0.4, -0.2) is 4.99 Å². The van der Waals surface area contributed by atoms with Gasteiger partial charge in [0.2, 0.25) is 0 Å². The Bertz CT molecular complexity index is 638. The summed E-state index contributed by atoms with van der Waals surface area (Å²) in [6.07, 6.45) is 0.